The van der Waals surface area contributed by atoms with Crippen molar-refractivity contribution < 1.29 is 0 Å². The number of hydrogen-bond donors (Lipinski definition) is 2. The third-order valence-electron chi connectivity index (χ3n) is 3.77. The van der Waals surface area contributed by atoms with Crippen molar-refractivity contribution in [3.05, 3.63) is 47.7 Å². The zero-order valence-corrected chi connectivity index (χ0v) is 13.0. The summed E-state index contributed by atoms with van der Waals surface area (Å²) >= 11 is 1.72. The van der Waals surface area contributed by atoms with Crippen molar-refractivity contribution in [1.29, 1.82) is 0 Å². The molecule has 0 aliphatic carbocycles. The fourth-order valence-corrected chi connectivity index (χ4v) is 3.03. The van der Waals surface area contributed by atoms with E-state index in [-0.39, 0.29) is 0 Å². The van der Waals surface area contributed by atoms with Gasteiger partial charge < -0.3 is 5.32 Å². The van der Waals surface area contributed by atoms with Crippen molar-refractivity contribution in [3.63, 3.8) is 0 Å². The highest BCUT2D eigenvalue weighted by atomic mass is 32.1. The van der Waals surface area contributed by atoms with E-state index in [1.165, 1.54) is 10.4 Å². The Bertz CT molecular complexity index is 656. The van der Waals surface area contributed by atoms with E-state index >= 15 is 0 Å². The van der Waals surface area contributed by atoms with Gasteiger partial charge in [-0.15, -0.1) is 11.3 Å². The van der Waals surface area contributed by atoms with E-state index in [1.54, 1.807) is 11.3 Å². The Morgan fingerprint density at radius 3 is 3.00 bits per heavy atom. The fraction of sp³-hybridized carbons (Fsp3) is 0.333. The minimum atomic E-state index is 0.303. The average Bonchev–Trinajstić information content (AvgIpc) is 3.25. The van der Waals surface area contributed by atoms with Crippen LogP contribution in [0.3, 0.4) is 0 Å². The predicted molar refractivity (Wildman–Crippen MR) is 85.1 cm³/mol. The number of H-pyrrole nitrogens is 1. The molecule has 0 bridgehead atoms. The van der Waals surface area contributed by atoms with Crippen molar-refractivity contribution in [2.75, 3.05) is 0 Å². The maximum absolute atomic E-state index is 4.30. The van der Waals surface area contributed by atoms with Gasteiger partial charge in [0.05, 0.1) is 22.8 Å². The summed E-state index contributed by atoms with van der Waals surface area (Å²) in [5.74, 6) is 0. The number of nitrogens with one attached hydrogen (secondary N) is 2. The molecule has 6 heteroatoms. The van der Waals surface area contributed by atoms with Crippen LogP contribution < -0.4 is 5.32 Å². The zero-order valence-electron chi connectivity index (χ0n) is 12.2. The van der Waals surface area contributed by atoms with Crippen LogP contribution in [0.1, 0.15) is 25.5 Å². The molecule has 0 amide bonds. The van der Waals surface area contributed by atoms with Crippen LogP contribution in [-0.4, -0.2) is 26.0 Å². The smallest absolute Gasteiger partial charge is 0.0794 e. The van der Waals surface area contributed by atoms with Crippen molar-refractivity contribution >= 4 is 11.3 Å². The van der Waals surface area contributed by atoms with Gasteiger partial charge in [-0.3, -0.25) is 9.78 Å². The first kappa shape index (κ1) is 14.0. The summed E-state index contributed by atoms with van der Waals surface area (Å²) in [6.45, 7) is 5.13. The summed E-state index contributed by atoms with van der Waals surface area (Å²) in [7, 11) is 0. The molecule has 0 saturated carbocycles. The minimum Gasteiger partial charge on any atom is -0.308 e. The molecule has 3 aromatic rings. The molecule has 3 heterocycles. The van der Waals surface area contributed by atoms with E-state index in [4.69, 9.17) is 0 Å². The Kier molecular flexibility index (Phi) is 4.17. The summed E-state index contributed by atoms with van der Waals surface area (Å²) < 4.78 is 1.98. The van der Waals surface area contributed by atoms with Crippen LogP contribution in [0.5, 0.6) is 0 Å². The normalized spacial score (nSPS) is 14.2. The second-order valence-corrected chi connectivity index (χ2v) is 6.09. The lowest BCUT2D eigenvalue weighted by Crippen LogP contribution is -2.33. The largest absolute Gasteiger partial charge is 0.308 e. The highest BCUT2D eigenvalue weighted by Gasteiger charge is 2.15. The molecular formula is C15H19N5S. The molecule has 0 spiro atoms. The van der Waals surface area contributed by atoms with Crippen LogP contribution >= 0.6 is 11.3 Å². The van der Waals surface area contributed by atoms with E-state index in [0.717, 1.165) is 12.2 Å². The summed E-state index contributed by atoms with van der Waals surface area (Å²) in [4.78, 5) is 1.22. The topological polar surface area (TPSA) is 58.5 Å². The third kappa shape index (κ3) is 3.06. The lowest BCUT2D eigenvalue weighted by Gasteiger charge is -2.21. The van der Waals surface area contributed by atoms with Crippen LogP contribution in [0.15, 0.2) is 42.2 Å². The molecule has 0 fully saturated rings. The molecule has 21 heavy (non-hydrogen) atoms. The standard InChI is InChI=1S/C15H19N5S/c1-11(12(2)20-7-4-6-18-20)16-9-13-10-17-19-15(13)14-5-3-8-21-14/h3-8,10-12,16H,9H2,1-2H3,(H,17,19). The first-order valence-electron chi connectivity index (χ1n) is 7.04. The molecule has 2 atom stereocenters. The summed E-state index contributed by atoms with van der Waals surface area (Å²) in [6.07, 6.45) is 5.71. The van der Waals surface area contributed by atoms with Gasteiger partial charge in [0, 0.05) is 30.5 Å². The van der Waals surface area contributed by atoms with Crippen LogP contribution in [0.25, 0.3) is 10.6 Å². The monoisotopic (exact) mass is 301 g/mol. The number of aromatic nitrogens is 4. The Balaban J connectivity index is 1.64. The number of nitrogens with zero attached hydrogens (tertiary/aromatic N) is 3. The first-order chi connectivity index (χ1) is 10.3. The Labute approximate surface area is 128 Å². The number of rotatable bonds is 6. The second-order valence-electron chi connectivity index (χ2n) is 5.14. The van der Waals surface area contributed by atoms with Gasteiger partial charge in [0.25, 0.3) is 0 Å². The SMILES string of the molecule is CC(NCc1cn[nH]c1-c1cccs1)C(C)n1cccn1. The van der Waals surface area contributed by atoms with Crippen LogP contribution in [-0.2, 0) is 6.54 Å². The maximum atomic E-state index is 4.30. The van der Waals surface area contributed by atoms with Gasteiger partial charge in [-0.2, -0.15) is 10.2 Å². The molecule has 0 radical (unpaired) electrons. The minimum absolute atomic E-state index is 0.303. The molecule has 2 N–H and O–H groups in total. The van der Waals surface area contributed by atoms with Crippen molar-refractivity contribution in [1.82, 2.24) is 25.3 Å². The number of hydrogen-bond acceptors (Lipinski definition) is 4. The fourth-order valence-electron chi connectivity index (χ4n) is 2.27. The lowest BCUT2D eigenvalue weighted by molar-refractivity contribution is 0.365. The Hall–Kier alpha value is -1.92. The highest BCUT2D eigenvalue weighted by molar-refractivity contribution is 7.13. The summed E-state index contributed by atoms with van der Waals surface area (Å²) in [5, 5.41) is 17.2. The second kappa shape index (κ2) is 6.24. The number of aromatic amines is 1. The highest BCUT2D eigenvalue weighted by Crippen LogP contribution is 2.25. The molecule has 0 saturated heterocycles. The van der Waals surface area contributed by atoms with Gasteiger partial charge in [-0.25, -0.2) is 0 Å². The van der Waals surface area contributed by atoms with Gasteiger partial charge in [0.15, 0.2) is 0 Å². The lowest BCUT2D eigenvalue weighted by atomic mass is 10.1. The van der Waals surface area contributed by atoms with E-state index < -0.39 is 0 Å². The molecule has 5 nitrogen and oxygen atoms in total. The molecular weight excluding hydrogens is 282 g/mol. The van der Waals surface area contributed by atoms with Crippen LogP contribution in [0, 0.1) is 0 Å². The van der Waals surface area contributed by atoms with Crippen molar-refractivity contribution in [3.8, 4) is 10.6 Å². The summed E-state index contributed by atoms with van der Waals surface area (Å²) in [6, 6.07) is 6.74. The van der Waals surface area contributed by atoms with Crippen molar-refractivity contribution in [2.24, 2.45) is 0 Å². The summed E-state index contributed by atoms with van der Waals surface area (Å²) in [5.41, 5.74) is 2.30. The molecule has 110 valence electrons. The molecule has 0 aliphatic rings. The van der Waals surface area contributed by atoms with Crippen LogP contribution in [0.2, 0.25) is 0 Å². The van der Waals surface area contributed by atoms with E-state index in [2.05, 4.69) is 52.0 Å². The molecule has 0 aliphatic heterocycles. The third-order valence-corrected chi connectivity index (χ3v) is 4.65. The van der Waals surface area contributed by atoms with Gasteiger partial charge in [0.2, 0.25) is 0 Å². The molecule has 3 aromatic heterocycles. The Morgan fingerprint density at radius 1 is 1.38 bits per heavy atom. The van der Waals surface area contributed by atoms with Crippen molar-refractivity contribution in [2.45, 2.75) is 32.5 Å². The quantitative estimate of drug-likeness (QED) is 0.735. The van der Waals surface area contributed by atoms with Crippen LogP contribution in [0.4, 0.5) is 0 Å². The molecule has 2 unspecified atom stereocenters. The zero-order chi connectivity index (χ0) is 14.7. The molecule has 0 aromatic carbocycles. The number of thiophene rings is 1. The average molecular weight is 301 g/mol. The maximum Gasteiger partial charge on any atom is 0.0794 e. The van der Waals surface area contributed by atoms with Gasteiger partial charge in [0.1, 0.15) is 0 Å². The van der Waals surface area contributed by atoms with E-state index in [0.29, 0.717) is 12.1 Å². The van der Waals surface area contributed by atoms with Gasteiger partial charge in [-0.1, -0.05) is 6.07 Å². The van der Waals surface area contributed by atoms with E-state index in [9.17, 15) is 0 Å². The Morgan fingerprint density at radius 2 is 2.29 bits per heavy atom. The van der Waals surface area contributed by atoms with E-state index in [1.807, 2.05) is 29.3 Å². The van der Waals surface area contributed by atoms with Gasteiger partial charge in [-0.05, 0) is 31.4 Å². The predicted octanol–water partition coefficient (Wildman–Crippen LogP) is 3.07. The molecule has 3 rings (SSSR count). The van der Waals surface area contributed by atoms with Gasteiger partial charge >= 0.3 is 0 Å². The first-order valence-corrected chi connectivity index (χ1v) is 7.92.